The van der Waals surface area contributed by atoms with Gasteiger partial charge >= 0.3 is 5.97 Å². The average molecular weight is 328 g/mol. The Hall–Kier alpha value is -1.46. The van der Waals surface area contributed by atoms with Crippen molar-refractivity contribution in [3.63, 3.8) is 0 Å². The first-order valence-electron chi connectivity index (χ1n) is 6.42. The highest BCUT2D eigenvalue weighted by molar-refractivity contribution is 7.98. The van der Waals surface area contributed by atoms with E-state index >= 15 is 0 Å². The summed E-state index contributed by atoms with van der Waals surface area (Å²) in [6, 6.07) is 5.24. The Kier molecular flexibility index (Phi) is 7.32. The second-order valence-corrected chi connectivity index (χ2v) is 5.41. The Morgan fingerprint density at radius 2 is 2.19 bits per heavy atom. The van der Waals surface area contributed by atoms with E-state index < -0.39 is 5.97 Å². The topological polar surface area (TPSA) is 46.6 Å². The lowest BCUT2D eigenvalue weighted by Gasteiger charge is -2.21. The van der Waals surface area contributed by atoms with Gasteiger partial charge in [0.1, 0.15) is 6.54 Å². The third-order valence-electron chi connectivity index (χ3n) is 2.67. The van der Waals surface area contributed by atoms with Crippen LogP contribution >= 0.6 is 23.4 Å². The highest BCUT2D eigenvalue weighted by atomic mass is 35.5. The molecule has 0 aliphatic rings. The van der Waals surface area contributed by atoms with Crippen LogP contribution in [0.3, 0.4) is 0 Å². The van der Waals surface area contributed by atoms with E-state index in [-0.39, 0.29) is 25.6 Å². The van der Waals surface area contributed by atoms with Gasteiger partial charge in [0.2, 0.25) is 0 Å². The third kappa shape index (κ3) is 5.10. The molecule has 114 valence electrons. The fourth-order valence-electron chi connectivity index (χ4n) is 1.70. The summed E-state index contributed by atoms with van der Waals surface area (Å²) in [5.41, 5.74) is 0.370. The summed E-state index contributed by atoms with van der Waals surface area (Å²) in [4.78, 5) is 26.4. The molecule has 21 heavy (non-hydrogen) atoms. The first-order chi connectivity index (χ1) is 10.0. The fraction of sp³-hybridized carbons (Fsp3) is 0.333. The van der Waals surface area contributed by atoms with Gasteiger partial charge in [0.15, 0.2) is 0 Å². The van der Waals surface area contributed by atoms with E-state index in [1.807, 2.05) is 12.3 Å². The van der Waals surface area contributed by atoms with Crippen molar-refractivity contribution in [2.45, 2.75) is 11.8 Å². The Labute approximate surface area is 134 Å². The molecule has 0 spiro atoms. The van der Waals surface area contributed by atoms with Crippen LogP contribution in [0.15, 0.2) is 35.7 Å². The lowest BCUT2D eigenvalue weighted by Crippen LogP contribution is -2.36. The maximum atomic E-state index is 12.5. The molecule has 0 bridgehead atoms. The number of thioether (sulfide) groups is 1. The lowest BCUT2D eigenvalue weighted by atomic mass is 10.2. The molecule has 6 heteroatoms. The van der Waals surface area contributed by atoms with Gasteiger partial charge in [0.05, 0.1) is 17.2 Å². The van der Waals surface area contributed by atoms with Crippen LogP contribution in [0.1, 0.15) is 17.3 Å². The summed E-state index contributed by atoms with van der Waals surface area (Å²) in [6.45, 7) is 5.72. The Bertz CT molecular complexity index is 534. The smallest absolute Gasteiger partial charge is 0.325 e. The van der Waals surface area contributed by atoms with Gasteiger partial charge in [-0.3, -0.25) is 9.59 Å². The molecule has 0 saturated carbocycles. The molecule has 0 unspecified atom stereocenters. The van der Waals surface area contributed by atoms with E-state index in [4.69, 9.17) is 16.3 Å². The number of hydrogen-bond acceptors (Lipinski definition) is 4. The maximum absolute atomic E-state index is 12.5. The van der Waals surface area contributed by atoms with Gasteiger partial charge < -0.3 is 9.64 Å². The standard InChI is InChI=1S/C15H18ClNO3S/c1-4-8-17(10-14(18)20-5-2)15(19)12-9-11(21-3)6-7-13(12)16/h4,6-7,9H,1,5,8,10H2,2-3H3. The number of hydrogen-bond donors (Lipinski definition) is 0. The summed E-state index contributed by atoms with van der Waals surface area (Å²) < 4.78 is 4.88. The molecule has 0 aromatic heterocycles. The van der Waals surface area contributed by atoms with Gasteiger partial charge in [-0.15, -0.1) is 18.3 Å². The molecular weight excluding hydrogens is 310 g/mol. The average Bonchev–Trinajstić information content (AvgIpc) is 2.47. The molecule has 1 aromatic rings. The van der Waals surface area contributed by atoms with Crippen LogP contribution in [0.25, 0.3) is 0 Å². The molecule has 0 N–H and O–H groups in total. The number of esters is 1. The largest absolute Gasteiger partial charge is 0.465 e. The van der Waals surface area contributed by atoms with Crippen molar-refractivity contribution in [2.24, 2.45) is 0 Å². The van der Waals surface area contributed by atoms with E-state index in [0.29, 0.717) is 10.6 Å². The molecule has 0 saturated heterocycles. The summed E-state index contributed by atoms with van der Waals surface area (Å²) >= 11 is 7.61. The van der Waals surface area contributed by atoms with Crippen LogP contribution in [0.2, 0.25) is 5.02 Å². The third-order valence-corrected chi connectivity index (χ3v) is 3.72. The van der Waals surface area contributed by atoms with Crippen molar-refractivity contribution in [1.29, 1.82) is 0 Å². The van der Waals surface area contributed by atoms with Crippen LogP contribution < -0.4 is 0 Å². The van der Waals surface area contributed by atoms with Crippen molar-refractivity contribution in [1.82, 2.24) is 4.90 Å². The molecule has 0 radical (unpaired) electrons. The van der Waals surface area contributed by atoms with Gasteiger partial charge in [0.25, 0.3) is 5.91 Å². The minimum Gasteiger partial charge on any atom is -0.465 e. The van der Waals surface area contributed by atoms with Crippen LogP contribution in [-0.4, -0.2) is 42.7 Å². The Morgan fingerprint density at radius 3 is 2.76 bits per heavy atom. The highest BCUT2D eigenvalue weighted by Gasteiger charge is 2.21. The SMILES string of the molecule is C=CCN(CC(=O)OCC)C(=O)c1cc(SC)ccc1Cl. The van der Waals surface area contributed by atoms with Crippen LogP contribution in [0.4, 0.5) is 0 Å². The summed E-state index contributed by atoms with van der Waals surface area (Å²) in [6.07, 6.45) is 3.47. The Balaban J connectivity index is 2.99. The number of halogens is 1. The monoisotopic (exact) mass is 327 g/mol. The van der Waals surface area contributed by atoms with E-state index in [0.717, 1.165) is 4.90 Å². The maximum Gasteiger partial charge on any atom is 0.325 e. The number of benzene rings is 1. The van der Waals surface area contributed by atoms with Crippen molar-refractivity contribution < 1.29 is 14.3 Å². The second-order valence-electron chi connectivity index (χ2n) is 4.13. The molecule has 1 aromatic carbocycles. The Morgan fingerprint density at radius 1 is 1.48 bits per heavy atom. The van der Waals surface area contributed by atoms with E-state index in [9.17, 15) is 9.59 Å². The van der Waals surface area contributed by atoms with Gasteiger partial charge in [-0.05, 0) is 31.4 Å². The molecule has 4 nitrogen and oxygen atoms in total. The summed E-state index contributed by atoms with van der Waals surface area (Å²) in [5, 5.41) is 0.357. The van der Waals surface area contributed by atoms with E-state index in [1.54, 1.807) is 25.1 Å². The minimum absolute atomic E-state index is 0.126. The first kappa shape index (κ1) is 17.6. The minimum atomic E-state index is -0.454. The van der Waals surface area contributed by atoms with Crippen molar-refractivity contribution in [3.8, 4) is 0 Å². The molecule has 1 amide bonds. The zero-order valence-electron chi connectivity index (χ0n) is 12.1. The quantitative estimate of drug-likeness (QED) is 0.438. The van der Waals surface area contributed by atoms with Crippen LogP contribution in [0.5, 0.6) is 0 Å². The van der Waals surface area contributed by atoms with Crippen molar-refractivity contribution in [3.05, 3.63) is 41.4 Å². The number of amides is 1. The van der Waals surface area contributed by atoms with Crippen molar-refractivity contribution >= 4 is 35.2 Å². The molecule has 0 atom stereocenters. The highest BCUT2D eigenvalue weighted by Crippen LogP contribution is 2.24. The lowest BCUT2D eigenvalue weighted by molar-refractivity contribution is -0.143. The zero-order valence-corrected chi connectivity index (χ0v) is 13.7. The van der Waals surface area contributed by atoms with Crippen LogP contribution in [0, 0.1) is 0 Å². The molecular formula is C15H18ClNO3S. The zero-order chi connectivity index (χ0) is 15.8. The van der Waals surface area contributed by atoms with Crippen molar-refractivity contribution in [2.75, 3.05) is 26.0 Å². The summed E-state index contributed by atoms with van der Waals surface area (Å²) in [7, 11) is 0. The normalized spacial score (nSPS) is 10.0. The van der Waals surface area contributed by atoms with Gasteiger partial charge in [0, 0.05) is 11.4 Å². The van der Waals surface area contributed by atoms with Gasteiger partial charge in [-0.1, -0.05) is 17.7 Å². The number of carbonyl (C=O) groups is 2. The fourth-order valence-corrected chi connectivity index (χ4v) is 2.34. The van der Waals surface area contributed by atoms with E-state index in [2.05, 4.69) is 6.58 Å². The summed E-state index contributed by atoms with van der Waals surface area (Å²) in [5.74, 6) is -0.770. The predicted molar refractivity (Wildman–Crippen MR) is 86.0 cm³/mol. The number of rotatable bonds is 7. The second kappa shape index (κ2) is 8.74. The number of carbonyl (C=O) groups excluding carboxylic acids is 2. The predicted octanol–water partition coefficient (Wildman–Crippen LogP) is 3.25. The van der Waals surface area contributed by atoms with Gasteiger partial charge in [-0.2, -0.15) is 0 Å². The molecule has 0 aliphatic carbocycles. The van der Waals surface area contributed by atoms with Crippen LogP contribution in [-0.2, 0) is 9.53 Å². The molecule has 0 fully saturated rings. The molecule has 0 aliphatic heterocycles. The first-order valence-corrected chi connectivity index (χ1v) is 8.03. The molecule has 0 heterocycles. The number of ether oxygens (including phenoxy) is 1. The number of nitrogens with zero attached hydrogens (tertiary/aromatic N) is 1. The molecule has 1 rings (SSSR count). The van der Waals surface area contributed by atoms with Gasteiger partial charge in [-0.25, -0.2) is 0 Å². The van der Waals surface area contributed by atoms with E-state index in [1.165, 1.54) is 16.7 Å².